The van der Waals surface area contributed by atoms with E-state index in [9.17, 15) is 8.42 Å². The second-order valence-corrected chi connectivity index (χ2v) is 9.99. The second kappa shape index (κ2) is 10.8. The molecule has 0 aliphatic carbocycles. The van der Waals surface area contributed by atoms with Gasteiger partial charge in [0.15, 0.2) is 0 Å². The fourth-order valence-electron chi connectivity index (χ4n) is 3.98. The van der Waals surface area contributed by atoms with Gasteiger partial charge in [0.05, 0.1) is 4.90 Å². The van der Waals surface area contributed by atoms with Gasteiger partial charge in [-0.05, 0) is 61.4 Å². The average Bonchev–Trinajstić information content (AvgIpc) is 2.75. The van der Waals surface area contributed by atoms with Gasteiger partial charge in [-0.2, -0.15) is 4.31 Å². The molecule has 0 bridgehead atoms. The molecular weight excluding hydrogens is 380 g/mol. The summed E-state index contributed by atoms with van der Waals surface area (Å²) in [6, 6.07) is 17.7. The maximum absolute atomic E-state index is 13.0. The highest BCUT2D eigenvalue weighted by molar-refractivity contribution is 7.89. The Balaban J connectivity index is 1.50. The van der Waals surface area contributed by atoms with Crippen LogP contribution in [0.4, 0.5) is 5.69 Å². The van der Waals surface area contributed by atoms with Gasteiger partial charge < -0.3 is 5.32 Å². The van der Waals surface area contributed by atoms with E-state index in [1.165, 1.54) is 24.8 Å². The van der Waals surface area contributed by atoms with Crippen molar-refractivity contribution < 1.29 is 8.42 Å². The quantitative estimate of drug-likeness (QED) is 0.535. The molecule has 1 fully saturated rings. The Hall–Kier alpha value is -1.85. The first-order chi connectivity index (χ1) is 14.1. The highest BCUT2D eigenvalue weighted by Crippen LogP contribution is 2.26. The molecule has 2 aromatic carbocycles. The number of anilines is 1. The van der Waals surface area contributed by atoms with Crippen molar-refractivity contribution in [2.24, 2.45) is 5.92 Å². The van der Waals surface area contributed by atoms with Crippen LogP contribution in [0.1, 0.15) is 51.0 Å². The van der Waals surface area contributed by atoms with E-state index in [1.807, 2.05) is 18.2 Å². The van der Waals surface area contributed by atoms with Gasteiger partial charge in [-0.1, -0.05) is 56.5 Å². The normalized spacial score (nSPS) is 16.0. The van der Waals surface area contributed by atoms with Gasteiger partial charge in [-0.15, -0.1) is 0 Å². The summed E-state index contributed by atoms with van der Waals surface area (Å²) < 4.78 is 27.7. The lowest BCUT2D eigenvalue weighted by molar-refractivity contribution is 0.273. The van der Waals surface area contributed by atoms with Crippen molar-refractivity contribution in [3.8, 4) is 0 Å². The van der Waals surface area contributed by atoms with Crippen LogP contribution in [0.5, 0.6) is 0 Å². The summed E-state index contributed by atoms with van der Waals surface area (Å²) in [4.78, 5) is 0.399. The van der Waals surface area contributed by atoms with E-state index in [2.05, 4.69) is 36.5 Å². The zero-order valence-electron chi connectivity index (χ0n) is 17.5. The van der Waals surface area contributed by atoms with Crippen molar-refractivity contribution in [3.63, 3.8) is 0 Å². The van der Waals surface area contributed by atoms with Crippen LogP contribution in [-0.4, -0.2) is 32.4 Å². The van der Waals surface area contributed by atoms with E-state index in [0.29, 0.717) is 23.9 Å². The van der Waals surface area contributed by atoms with Crippen molar-refractivity contribution in [2.45, 2.75) is 56.8 Å². The van der Waals surface area contributed by atoms with Gasteiger partial charge >= 0.3 is 0 Å². The zero-order chi connectivity index (χ0) is 20.5. The van der Waals surface area contributed by atoms with Gasteiger partial charge in [0.2, 0.25) is 10.0 Å². The number of hydrogen-bond donors (Lipinski definition) is 1. The molecule has 4 nitrogen and oxygen atoms in total. The summed E-state index contributed by atoms with van der Waals surface area (Å²) in [6.45, 7) is 4.36. The van der Waals surface area contributed by atoms with Crippen LogP contribution in [-0.2, 0) is 16.4 Å². The number of piperidine rings is 1. The lowest BCUT2D eigenvalue weighted by Crippen LogP contribution is -2.38. The molecule has 158 valence electrons. The number of hydrogen-bond acceptors (Lipinski definition) is 3. The van der Waals surface area contributed by atoms with Crippen LogP contribution in [0.25, 0.3) is 0 Å². The Morgan fingerprint density at radius 3 is 2.28 bits per heavy atom. The maximum atomic E-state index is 13.0. The first-order valence-electron chi connectivity index (χ1n) is 11.0. The Labute approximate surface area is 176 Å². The van der Waals surface area contributed by atoms with E-state index >= 15 is 0 Å². The Kier molecular flexibility index (Phi) is 8.13. The van der Waals surface area contributed by atoms with Crippen LogP contribution < -0.4 is 5.32 Å². The first-order valence-corrected chi connectivity index (χ1v) is 12.4. The molecule has 5 heteroatoms. The van der Waals surface area contributed by atoms with Gasteiger partial charge in [0, 0.05) is 25.3 Å². The predicted molar refractivity (Wildman–Crippen MR) is 121 cm³/mol. The summed E-state index contributed by atoms with van der Waals surface area (Å²) in [6.07, 6.45) is 7.75. The molecule has 1 N–H and O–H groups in total. The zero-order valence-corrected chi connectivity index (χ0v) is 18.3. The van der Waals surface area contributed by atoms with Crippen LogP contribution >= 0.6 is 0 Å². The third-order valence-electron chi connectivity index (χ3n) is 5.79. The molecule has 1 aliphatic rings. The lowest BCUT2D eigenvalue weighted by Gasteiger charge is -2.31. The molecule has 0 saturated carbocycles. The van der Waals surface area contributed by atoms with E-state index in [0.717, 1.165) is 37.9 Å². The van der Waals surface area contributed by atoms with Gasteiger partial charge in [0.25, 0.3) is 0 Å². The van der Waals surface area contributed by atoms with Crippen molar-refractivity contribution in [1.29, 1.82) is 0 Å². The average molecular weight is 415 g/mol. The van der Waals surface area contributed by atoms with Crippen molar-refractivity contribution in [3.05, 3.63) is 60.2 Å². The summed E-state index contributed by atoms with van der Waals surface area (Å²) in [5.74, 6) is 0.558. The monoisotopic (exact) mass is 414 g/mol. The fourth-order valence-corrected chi connectivity index (χ4v) is 5.45. The molecule has 0 radical (unpaired) electrons. The van der Waals surface area contributed by atoms with Crippen LogP contribution in [0.3, 0.4) is 0 Å². The summed E-state index contributed by atoms with van der Waals surface area (Å²) in [7, 11) is -3.40. The number of nitrogens with one attached hydrogen (secondary N) is 1. The number of rotatable bonds is 10. The number of sulfonamides is 1. The van der Waals surface area contributed by atoms with Gasteiger partial charge in [-0.25, -0.2) is 8.42 Å². The molecule has 0 spiro atoms. The SMILES string of the molecule is CCCCCCNc1ccc(S(=O)(=O)N2CCC(Cc3ccccc3)CC2)cc1. The van der Waals surface area contributed by atoms with Crippen molar-refractivity contribution in [1.82, 2.24) is 4.31 Å². The number of unbranched alkanes of at least 4 members (excludes halogenated alkanes) is 3. The van der Waals surface area contributed by atoms with Crippen molar-refractivity contribution in [2.75, 3.05) is 25.0 Å². The van der Waals surface area contributed by atoms with Crippen LogP contribution in [0, 0.1) is 5.92 Å². The summed E-state index contributed by atoms with van der Waals surface area (Å²) in [5, 5.41) is 3.38. The Morgan fingerprint density at radius 2 is 1.62 bits per heavy atom. The minimum atomic E-state index is -3.40. The minimum absolute atomic E-state index is 0.399. The van der Waals surface area contributed by atoms with Crippen LogP contribution in [0.15, 0.2) is 59.5 Å². The molecule has 3 rings (SSSR count). The van der Waals surface area contributed by atoms with E-state index in [-0.39, 0.29) is 0 Å². The molecule has 0 unspecified atom stereocenters. The van der Waals surface area contributed by atoms with Gasteiger partial charge in [-0.3, -0.25) is 0 Å². The fraction of sp³-hybridized carbons (Fsp3) is 0.500. The summed E-state index contributed by atoms with van der Waals surface area (Å²) >= 11 is 0. The third kappa shape index (κ3) is 6.31. The van der Waals surface area contributed by atoms with Gasteiger partial charge in [0.1, 0.15) is 0 Å². The largest absolute Gasteiger partial charge is 0.385 e. The van der Waals surface area contributed by atoms with Crippen molar-refractivity contribution >= 4 is 15.7 Å². The van der Waals surface area contributed by atoms with E-state index < -0.39 is 10.0 Å². The molecule has 1 aliphatic heterocycles. The standard InChI is InChI=1S/C24H34N2O2S/c1-2-3-4-8-17-25-23-11-13-24(14-12-23)29(27,28)26-18-15-22(16-19-26)20-21-9-6-5-7-10-21/h5-7,9-14,22,25H,2-4,8,15-20H2,1H3. The third-order valence-corrected chi connectivity index (χ3v) is 7.71. The topological polar surface area (TPSA) is 49.4 Å². The molecule has 1 heterocycles. The molecule has 2 aromatic rings. The highest BCUT2D eigenvalue weighted by atomic mass is 32.2. The Bertz CT molecular complexity index is 827. The molecule has 0 aromatic heterocycles. The first kappa shape index (κ1) is 21.8. The summed E-state index contributed by atoms with van der Waals surface area (Å²) in [5.41, 5.74) is 2.33. The van der Waals surface area contributed by atoms with E-state index in [1.54, 1.807) is 16.4 Å². The van der Waals surface area contributed by atoms with Crippen LogP contribution in [0.2, 0.25) is 0 Å². The molecule has 29 heavy (non-hydrogen) atoms. The second-order valence-electron chi connectivity index (χ2n) is 8.05. The molecular formula is C24H34N2O2S. The number of benzene rings is 2. The van der Waals surface area contributed by atoms with E-state index in [4.69, 9.17) is 0 Å². The molecule has 1 saturated heterocycles. The lowest BCUT2D eigenvalue weighted by atomic mass is 9.91. The minimum Gasteiger partial charge on any atom is -0.385 e. The molecule has 0 atom stereocenters. The number of nitrogens with zero attached hydrogens (tertiary/aromatic N) is 1. The predicted octanol–water partition coefficient (Wildman–Crippen LogP) is 5.32. The maximum Gasteiger partial charge on any atom is 0.243 e. The Morgan fingerprint density at radius 1 is 0.931 bits per heavy atom. The smallest absolute Gasteiger partial charge is 0.243 e. The molecule has 0 amide bonds. The highest BCUT2D eigenvalue weighted by Gasteiger charge is 2.29.